The summed E-state index contributed by atoms with van der Waals surface area (Å²) in [6.07, 6.45) is 7.13. The lowest BCUT2D eigenvalue weighted by Gasteiger charge is -2.21. The highest BCUT2D eigenvalue weighted by Crippen LogP contribution is 2.52. The standard InChI is InChI=1S/C26H30F4O2/c1-3-5-15-6-8-18-16(7-9-17(15)18)14-32-22-13-11-20(24(28)26(22)30)19-10-12-21(31-4-2)25(29)23(19)27/h10-13,15-18H,3-9,14H2,1-2H3/t15?,16?,17-,18-/m0/s1. The first-order valence-electron chi connectivity index (χ1n) is 11.7. The van der Waals surface area contributed by atoms with Crippen molar-refractivity contribution in [1.29, 1.82) is 0 Å². The first-order chi connectivity index (χ1) is 15.5. The third-order valence-corrected chi connectivity index (χ3v) is 7.30. The average molecular weight is 451 g/mol. The molecule has 174 valence electrons. The molecule has 4 rings (SSSR count). The maximum Gasteiger partial charge on any atom is 0.201 e. The van der Waals surface area contributed by atoms with Crippen LogP contribution in [-0.4, -0.2) is 13.2 Å². The summed E-state index contributed by atoms with van der Waals surface area (Å²) in [4.78, 5) is 0. The van der Waals surface area contributed by atoms with Gasteiger partial charge in [-0.25, -0.2) is 8.78 Å². The van der Waals surface area contributed by atoms with Crippen LogP contribution in [0, 0.1) is 46.9 Å². The van der Waals surface area contributed by atoms with Crippen LogP contribution in [0.3, 0.4) is 0 Å². The molecule has 0 aromatic heterocycles. The van der Waals surface area contributed by atoms with E-state index in [0.29, 0.717) is 18.4 Å². The molecule has 0 bridgehead atoms. The summed E-state index contributed by atoms with van der Waals surface area (Å²) >= 11 is 0. The molecule has 2 nitrogen and oxygen atoms in total. The van der Waals surface area contributed by atoms with Gasteiger partial charge in [-0.05, 0) is 80.5 Å². The van der Waals surface area contributed by atoms with E-state index >= 15 is 0 Å². The average Bonchev–Trinajstić information content (AvgIpc) is 3.37. The van der Waals surface area contributed by atoms with Crippen LogP contribution in [0.15, 0.2) is 24.3 Å². The number of fused-ring (bicyclic) bond motifs is 1. The van der Waals surface area contributed by atoms with Crippen molar-refractivity contribution in [3.05, 3.63) is 47.5 Å². The Morgan fingerprint density at radius 3 is 1.78 bits per heavy atom. The molecule has 2 aromatic carbocycles. The second kappa shape index (κ2) is 9.72. The second-order valence-corrected chi connectivity index (χ2v) is 9.01. The quantitative estimate of drug-likeness (QED) is 0.387. The minimum absolute atomic E-state index is 0.159. The zero-order chi connectivity index (χ0) is 22.8. The Labute approximate surface area is 186 Å². The summed E-state index contributed by atoms with van der Waals surface area (Å²) in [7, 11) is 0. The van der Waals surface area contributed by atoms with Gasteiger partial charge in [0.2, 0.25) is 11.6 Å². The first kappa shape index (κ1) is 22.9. The highest BCUT2D eigenvalue weighted by molar-refractivity contribution is 5.67. The van der Waals surface area contributed by atoms with E-state index < -0.39 is 23.3 Å². The van der Waals surface area contributed by atoms with Gasteiger partial charge in [0.25, 0.3) is 0 Å². The van der Waals surface area contributed by atoms with E-state index in [1.165, 1.54) is 56.4 Å². The zero-order valence-corrected chi connectivity index (χ0v) is 18.6. The Morgan fingerprint density at radius 2 is 1.22 bits per heavy atom. The summed E-state index contributed by atoms with van der Waals surface area (Å²) < 4.78 is 68.9. The summed E-state index contributed by atoms with van der Waals surface area (Å²) in [6.45, 7) is 4.37. The maximum absolute atomic E-state index is 14.8. The lowest BCUT2D eigenvalue weighted by molar-refractivity contribution is 0.194. The molecule has 2 saturated carbocycles. The van der Waals surface area contributed by atoms with Crippen molar-refractivity contribution in [2.24, 2.45) is 23.7 Å². The van der Waals surface area contributed by atoms with Gasteiger partial charge in [-0.15, -0.1) is 0 Å². The number of halogens is 4. The van der Waals surface area contributed by atoms with E-state index in [2.05, 4.69) is 6.92 Å². The number of hydrogen-bond donors (Lipinski definition) is 0. The molecule has 2 fully saturated rings. The molecule has 2 aliphatic carbocycles. The molecule has 0 heterocycles. The third-order valence-electron chi connectivity index (χ3n) is 7.30. The predicted octanol–water partition coefficient (Wildman–Crippen LogP) is 7.54. The van der Waals surface area contributed by atoms with E-state index in [1.807, 2.05) is 0 Å². The monoisotopic (exact) mass is 450 g/mol. The van der Waals surface area contributed by atoms with E-state index in [4.69, 9.17) is 9.47 Å². The van der Waals surface area contributed by atoms with Gasteiger partial charge in [-0.3, -0.25) is 0 Å². The SMILES string of the molecule is CCCC1CC[C@H]2C(COc3ccc(-c4ccc(OCC)c(F)c4F)c(F)c3F)CC[C@@H]12. The van der Waals surface area contributed by atoms with Crippen molar-refractivity contribution in [3.63, 3.8) is 0 Å². The van der Waals surface area contributed by atoms with E-state index in [1.54, 1.807) is 6.92 Å². The van der Waals surface area contributed by atoms with Gasteiger partial charge in [-0.2, -0.15) is 8.78 Å². The molecule has 2 aromatic rings. The molecule has 4 atom stereocenters. The Balaban J connectivity index is 1.48. The Bertz CT molecular complexity index is 961. The van der Waals surface area contributed by atoms with E-state index in [-0.39, 0.29) is 29.2 Å². The lowest BCUT2D eigenvalue weighted by Crippen LogP contribution is -2.19. The number of ether oxygens (including phenoxy) is 2. The summed E-state index contributed by atoms with van der Waals surface area (Å²) in [5, 5.41) is 0. The van der Waals surface area contributed by atoms with E-state index in [9.17, 15) is 17.6 Å². The van der Waals surface area contributed by atoms with Gasteiger partial charge < -0.3 is 9.47 Å². The molecule has 0 amide bonds. The predicted molar refractivity (Wildman–Crippen MR) is 116 cm³/mol. The fourth-order valence-corrected chi connectivity index (χ4v) is 5.83. The van der Waals surface area contributed by atoms with Crippen LogP contribution in [0.1, 0.15) is 52.4 Å². The van der Waals surface area contributed by atoms with Gasteiger partial charge in [0.05, 0.1) is 13.2 Å². The van der Waals surface area contributed by atoms with Crippen LogP contribution < -0.4 is 9.47 Å². The lowest BCUT2D eigenvalue weighted by atomic mass is 9.87. The van der Waals surface area contributed by atoms with Crippen molar-refractivity contribution >= 4 is 0 Å². The fraction of sp³-hybridized carbons (Fsp3) is 0.538. The molecular weight excluding hydrogens is 420 g/mol. The molecule has 6 heteroatoms. The Morgan fingerprint density at radius 1 is 0.688 bits per heavy atom. The number of hydrogen-bond acceptors (Lipinski definition) is 2. The van der Waals surface area contributed by atoms with Gasteiger partial charge >= 0.3 is 0 Å². The molecule has 2 aliphatic rings. The summed E-state index contributed by atoms with van der Waals surface area (Å²) in [5.74, 6) is -2.93. The summed E-state index contributed by atoms with van der Waals surface area (Å²) in [6, 6.07) is 4.93. The van der Waals surface area contributed by atoms with Crippen LogP contribution in [0.5, 0.6) is 11.5 Å². The smallest absolute Gasteiger partial charge is 0.201 e. The minimum Gasteiger partial charge on any atom is -0.491 e. The van der Waals surface area contributed by atoms with Gasteiger partial charge in [0, 0.05) is 11.1 Å². The molecule has 0 aliphatic heterocycles. The third kappa shape index (κ3) is 4.20. The zero-order valence-electron chi connectivity index (χ0n) is 18.6. The molecule has 0 spiro atoms. The van der Waals surface area contributed by atoms with Crippen LogP contribution in [0.4, 0.5) is 17.6 Å². The second-order valence-electron chi connectivity index (χ2n) is 9.01. The molecule has 0 radical (unpaired) electrons. The molecule has 32 heavy (non-hydrogen) atoms. The molecule has 2 unspecified atom stereocenters. The Hall–Kier alpha value is -2.24. The van der Waals surface area contributed by atoms with Gasteiger partial charge in [-0.1, -0.05) is 19.8 Å². The minimum atomic E-state index is -1.28. The van der Waals surface area contributed by atoms with Crippen molar-refractivity contribution in [2.75, 3.05) is 13.2 Å². The maximum atomic E-state index is 14.8. The molecular formula is C26H30F4O2. The van der Waals surface area contributed by atoms with Crippen molar-refractivity contribution in [2.45, 2.75) is 52.4 Å². The van der Waals surface area contributed by atoms with Crippen LogP contribution in [0.25, 0.3) is 11.1 Å². The van der Waals surface area contributed by atoms with Crippen molar-refractivity contribution in [3.8, 4) is 22.6 Å². The van der Waals surface area contributed by atoms with Crippen LogP contribution >= 0.6 is 0 Å². The molecule has 0 N–H and O–H groups in total. The van der Waals surface area contributed by atoms with Gasteiger partial charge in [0.1, 0.15) is 0 Å². The normalized spacial score (nSPS) is 24.6. The van der Waals surface area contributed by atoms with E-state index in [0.717, 1.165) is 18.3 Å². The van der Waals surface area contributed by atoms with Gasteiger partial charge in [0.15, 0.2) is 23.1 Å². The van der Waals surface area contributed by atoms with Crippen molar-refractivity contribution in [1.82, 2.24) is 0 Å². The number of benzene rings is 2. The van der Waals surface area contributed by atoms with Crippen LogP contribution in [0.2, 0.25) is 0 Å². The summed E-state index contributed by atoms with van der Waals surface area (Å²) in [5.41, 5.74) is -0.714. The van der Waals surface area contributed by atoms with Crippen LogP contribution in [-0.2, 0) is 0 Å². The highest BCUT2D eigenvalue weighted by Gasteiger charge is 2.44. The topological polar surface area (TPSA) is 18.5 Å². The fourth-order valence-electron chi connectivity index (χ4n) is 5.83. The van der Waals surface area contributed by atoms with Crippen molar-refractivity contribution < 1.29 is 27.0 Å². The Kier molecular flexibility index (Phi) is 6.96. The molecule has 0 saturated heterocycles. The highest BCUT2D eigenvalue weighted by atomic mass is 19.2. The first-order valence-corrected chi connectivity index (χ1v) is 11.7. The largest absolute Gasteiger partial charge is 0.491 e. The number of rotatable bonds is 8.